The van der Waals surface area contributed by atoms with Crippen LogP contribution in [0, 0.1) is 0 Å². The fourth-order valence-electron chi connectivity index (χ4n) is 9.08. The fraction of sp³-hybridized carbons (Fsp3) is 0. The van der Waals surface area contributed by atoms with Crippen LogP contribution < -0.4 is 0 Å². The predicted molar refractivity (Wildman–Crippen MR) is 249 cm³/mol. The van der Waals surface area contributed by atoms with Gasteiger partial charge in [0.15, 0.2) is 0 Å². The molecule has 0 N–H and O–H groups in total. The van der Waals surface area contributed by atoms with Crippen molar-refractivity contribution < 1.29 is 0 Å². The van der Waals surface area contributed by atoms with Crippen LogP contribution >= 0.6 is 0 Å². The van der Waals surface area contributed by atoms with Gasteiger partial charge in [-0.1, -0.05) is 212 Å². The highest BCUT2D eigenvalue weighted by Crippen LogP contribution is 2.46. The van der Waals surface area contributed by atoms with Crippen LogP contribution in [-0.4, -0.2) is 0 Å². The van der Waals surface area contributed by atoms with Crippen molar-refractivity contribution in [1.82, 2.24) is 0 Å². The van der Waals surface area contributed by atoms with Crippen LogP contribution in [0.4, 0.5) is 0 Å². The largest absolute Gasteiger partial charge is 0.0622 e. The van der Waals surface area contributed by atoms with Crippen LogP contribution in [0.3, 0.4) is 0 Å². The van der Waals surface area contributed by atoms with Gasteiger partial charge in [0, 0.05) is 0 Å². The molecule has 0 atom stereocenters. The lowest BCUT2D eigenvalue weighted by Gasteiger charge is -2.20. The second kappa shape index (κ2) is 14.2. The maximum Gasteiger partial charge on any atom is -0.00261 e. The molecule has 270 valence electrons. The van der Waals surface area contributed by atoms with Crippen molar-refractivity contribution >= 4 is 43.1 Å². The van der Waals surface area contributed by atoms with Crippen molar-refractivity contribution in [2.24, 2.45) is 0 Å². The van der Waals surface area contributed by atoms with Crippen LogP contribution in [0.5, 0.6) is 0 Å². The van der Waals surface area contributed by atoms with E-state index in [2.05, 4.69) is 231 Å². The Bertz CT molecular complexity index is 3250. The third-order valence-corrected chi connectivity index (χ3v) is 11.9. The van der Waals surface area contributed by atoms with E-state index in [9.17, 15) is 0 Å². The Kier molecular flexibility index (Phi) is 8.26. The maximum atomic E-state index is 2.44. The van der Waals surface area contributed by atoms with Crippen molar-refractivity contribution in [3.8, 4) is 66.8 Å². The van der Waals surface area contributed by atoms with Gasteiger partial charge >= 0.3 is 0 Å². The molecule has 0 saturated carbocycles. The molecule has 0 aliphatic carbocycles. The highest BCUT2D eigenvalue weighted by atomic mass is 14.2. The lowest BCUT2D eigenvalue weighted by molar-refractivity contribution is 1.57. The van der Waals surface area contributed by atoms with Crippen molar-refractivity contribution in [3.05, 3.63) is 231 Å². The number of hydrogen-bond donors (Lipinski definition) is 0. The molecule has 0 radical (unpaired) electrons. The molecule has 11 rings (SSSR count). The monoisotopic (exact) mass is 734 g/mol. The van der Waals surface area contributed by atoms with Gasteiger partial charge in [0.1, 0.15) is 0 Å². The Hall–Kier alpha value is -7.54. The third-order valence-electron chi connectivity index (χ3n) is 11.9. The molecule has 0 saturated heterocycles. The molecule has 0 nitrogen and oxygen atoms in total. The molecule has 0 aliphatic heterocycles. The number of hydrogen-bond acceptors (Lipinski definition) is 0. The summed E-state index contributed by atoms with van der Waals surface area (Å²) in [4.78, 5) is 0. The Morgan fingerprint density at radius 1 is 0.172 bits per heavy atom. The maximum absolute atomic E-state index is 2.44. The van der Waals surface area contributed by atoms with E-state index in [1.54, 1.807) is 0 Å². The molecule has 0 aliphatic rings. The molecule has 0 aromatic heterocycles. The van der Waals surface area contributed by atoms with E-state index < -0.39 is 0 Å². The molecule has 0 amide bonds. The van der Waals surface area contributed by atoms with E-state index in [1.165, 1.54) is 110 Å². The van der Waals surface area contributed by atoms with Gasteiger partial charge in [-0.25, -0.2) is 0 Å². The summed E-state index contributed by atoms with van der Waals surface area (Å²) in [5, 5.41) is 10.0. The van der Waals surface area contributed by atoms with Crippen molar-refractivity contribution in [1.29, 1.82) is 0 Å². The molecule has 0 spiro atoms. The SMILES string of the molecule is c1ccc(-c2c3ccccc3c(-c3ccc(-c4cccc5ccccc45)c(-c4cccc(-c5ccc(-c6ccc7ccccc7c6)cc5)c4)c3)c3ccccc23)cc1. The Balaban J connectivity index is 1.10. The Morgan fingerprint density at radius 3 is 1.33 bits per heavy atom. The second-order valence-electron chi connectivity index (χ2n) is 15.2. The average Bonchev–Trinajstić information content (AvgIpc) is 3.30. The molecule has 0 unspecified atom stereocenters. The molecule has 0 bridgehead atoms. The minimum absolute atomic E-state index is 1.19. The first kappa shape index (κ1) is 33.8. The fourth-order valence-corrected chi connectivity index (χ4v) is 9.08. The zero-order valence-electron chi connectivity index (χ0n) is 31.9. The minimum atomic E-state index is 1.19. The first-order chi connectivity index (χ1) is 28.8. The Labute approximate surface area is 339 Å². The zero-order chi connectivity index (χ0) is 38.4. The summed E-state index contributed by atoms with van der Waals surface area (Å²) in [7, 11) is 0. The molecule has 11 aromatic carbocycles. The van der Waals surface area contributed by atoms with E-state index in [1.807, 2.05) is 0 Å². The summed E-state index contributed by atoms with van der Waals surface area (Å²) in [5.41, 5.74) is 14.7. The molecular formula is C58H38. The number of benzene rings is 11. The summed E-state index contributed by atoms with van der Waals surface area (Å²) in [6.45, 7) is 0. The van der Waals surface area contributed by atoms with Gasteiger partial charge in [0.05, 0.1) is 0 Å². The zero-order valence-corrected chi connectivity index (χ0v) is 31.9. The number of fused-ring (bicyclic) bond motifs is 4. The van der Waals surface area contributed by atoms with Crippen LogP contribution in [0.2, 0.25) is 0 Å². The summed E-state index contributed by atoms with van der Waals surface area (Å²) < 4.78 is 0. The average molecular weight is 735 g/mol. The van der Waals surface area contributed by atoms with Gasteiger partial charge in [0.25, 0.3) is 0 Å². The van der Waals surface area contributed by atoms with Crippen molar-refractivity contribution in [2.45, 2.75) is 0 Å². The second-order valence-corrected chi connectivity index (χ2v) is 15.2. The van der Waals surface area contributed by atoms with Gasteiger partial charge in [0.2, 0.25) is 0 Å². The molecule has 11 aromatic rings. The first-order valence-corrected chi connectivity index (χ1v) is 20.1. The van der Waals surface area contributed by atoms with Crippen molar-refractivity contribution in [3.63, 3.8) is 0 Å². The lowest BCUT2D eigenvalue weighted by Crippen LogP contribution is -1.93. The van der Waals surface area contributed by atoms with E-state index in [0.717, 1.165) is 0 Å². The highest BCUT2D eigenvalue weighted by molar-refractivity contribution is 6.21. The molecular weight excluding hydrogens is 697 g/mol. The lowest BCUT2D eigenvalue weighted by atomic mass is 9.83. The smallest absolute Gasteiger partial charge is 0.00261 e. The predicted octanol–water partition coefficient (Wildman–Crippen LogP) is 16.3. The summed E-state index contributed by atoms with van der Waals surface area (Å²) in [5.74, 6) is 0. The molecule has 58 heavy (non-hydrogen) atoms. The summed E-state index contributed by atoms with van der Waals surface area (Å²) >= 11 is 0. The normalized spacial score (nSPS) is 11.4. The van der Waals surface area contributed by atoms with Crippen LogP contribution in [0.25, 0.3) is 110 Å². The van der Waals surface area contributed by atoms with E-state index in [0.29, 0.717) is 0 Å². The molecule has 0 heterocycles. The highest BCUT2D eigenvalue weighted by Gasteiger charge is 2.19. The van der Waals surface area contributed by atoms with E-state index in [4.69, 9.17) is 0 Å². The van der Waals surface area contributed by atoms with Crippen LogP contribution in [0.15, 0.2) is 231 Å². The third kappa shape index (κ3) is 5.86. The molecule has 0 fully saturated rings. The van der Waals surface area contributed by atoms with Gasteiger partial charge in [-0.3, -0.25) is 0 Å². The van der Waals surface area contributed by atoms with Gasteiger partial charge in [-0.15, -0.1) is 0 Å². The van der Waals surface area contributed by atoms with E-state index >= 15 is 0 Å². The van der Waals surface area contributed by atoms with Gasteiger partial charge in [-0.05, 0) is 128 Å². The summed E-state index contributed by atoms with van der Waals surface area (Å²) in [6, 6.07) is 84.6. The Morgan fingerprint density at radius 2 is 0.638 bits per heavy atom. The van der Waals surface area contributed by atoms with Crippen molar-refractivity contribution in [2.75, 3.05) is 0 Å². The van der Waals surface area contributed by atoms with E-state index in [-0.39, 0.29) is 0 Å². The minimum Gasteiger partial charge on any atom is -0.0622 e. The van der Waals surface area contributed by atoms with Gasteiger partial charge < -0.3 is 0 Å². The summed E-state index contributed by atoms with van der Waals surface area (Å²) in [6.07, 6.45) is 0. The first-order valence-electron chi connectivity index (χ1n) is 20.1. The molecule has 0 heteroatoms. The quantitative estimate of drug-likeness (QED) is 0.149. The van der Waals surface area contributed by atoms with Gasteiger partial charge in [-0.2, -0.15) is 0 Å². The standard InChI is InChI=1S/C58H38/c1-2-16-43(17-3-1)57-52-23-8-10-25-54(52)58(55-26-11-9-24-53(55)57)48-34-35-51(50-27-13-19-42-15-6-7-22-49(42)50)56(38-48)47-21-12-20-45(37-47)40-28-30-41(31-29-40)46-33-32-39-14-4-5-18-44(39)36-46/h1-38H. The topological polar surface area (TPSA) is 0 Å². The van der Waals surface area contributed by atoms with Crippen LogP contribution in [0.1, 0.15) is 0 Å². The van der Waals surface area contributed by atoms with Crippen LogP contribution in [-0.2, 0) is 0 Å². The number of rotatable bonds is 6.